The first-order chi connectivity index (χ1) is 13.7. The van der Waals surface area contributed by atoms with Crippen LogP contribution in [0.3, 0.4) is 0 Å². The van der Waals surface area contributed by atoms with Crippen LogP contribution in [0.4, 0.5) is 0 Å². The van der Waals surface area contributed by atoms with E-state index < -0.39 is 10.0 Å². The van der Waals surface area contributed by atoms with Gasteiger partial charge in [0.2, 0.25) is 15.9 Å². The molecule has 1 atom stereocenters. The number of hydrogen-bond acceptors (Lipinski definition) is 6. The van der Waals surface area contributed by atoms with E-state index >= 15 is 0 Å². The smallest absolute Gasteiger partial charge is 0.248 e. The molecular formula is C20H36N4O4S. The van der Waals surface area contributed by atoms with Crippen molar-refractivity contribution in [2.75, 3.05) is 39.3 Å². The third-order valence-electron chi connectivity index (χ3n) is 6.03. The summed E-state index contributed by atoms with van der Waals surface area (Å²) in [5.74, 6) is 0.458. The quantitative estimate of drug-likeness (QED) is 0.574. The summed E-state index contributed by atoms with van der Waals surface area (Å²) < 4.78 is 32.4. The van der Waals surface area contributed by atoms with Crippen LogP contribution in [0.1, 0.15) is 51.5 Å². The van der Waals surface area contributed by atoms with Gasteiger partial charge in [0.15, 0.2) is 5.76 Å². The van der Waals surface area contributed by atoms with Gasteiger partial charge in [0, 0.05) is 25.6 Å². The lowest BCUT2D eigenvalue weighted by molar-refractivity contribution is -0.126. The number of rotatable bonds is 10. The number of aromatic nitrogens is 1. The highest BCUT2D eigenvalue weighted by Crippen LogP contribution is 2.30. The fourth-order valence-corrected chi connectivity index (χ4v) is 5.78. The van der Waals surface area contributed by atoms with Crippen molar-refractivity contribution in [2.24, 2.45) is 11.8 Å². The lowest BCUT2D eigenvalue weighted by Crippen LogP contribution is -2.43. The van der Waals surface area contributed by atoms with Crippen molar-refractivity contribution in [1.29, 1.82) is 0 Å². The summed E-state index contributed by atoms with van der Waals surface area (Å²) >= 11 is 0. The number of piperidine rings is 1. The van der Waals surface area contributed by atoms with E-state index in [1.54, 1.807) is 13.8 Å². The molecule has 2 heterocycles. The van der Waals surface area contributed by atoms with Crippen molar-refractivity contribution in [3.63, 3.8) is 0 Å². The summed E-state index contributed by atoms with van der Waals surface area (Å²) in [4.78, 5) is 15.0. The number of nitrogens with zero attached hydrogens (tertiary/aromatic N) is 3. The zero-order chi connectivity index (χ0) is 21.6. The van der Waals surface area contributed by atoms with Crippen LogP contribution in [-0.2, 0) is 14.8 Å². The molecule has 0 unspecified atom stereocenters. The molecule has 1 aliphatic heterocycles. The summed E-state index contributed by atoms with van der Waals surface area (Å²) in [5, 5.41) is 6.81. The molecule has 1 saturated heterocycles. The Labute approximate surface area is 175 Å². The van der Waals surface area contributed by atoms with Gasteiger partial charge in [0.25, 0.3) is 0 Å². The van der Waals surface area contributed by atoms with Crippen LogP contribution in [0.15, 0.2) is 9.42 Å². The van der Waals surface area contributed by atoms with Gasteiger partial charge in [-0.3, -0.25) is 4.79 Å². The third-order valence-corrected chi connectivity index (χ3v) is 8.17. The molecule has 0 aliphatic carbocycles. The monoisotopic (exact) mass is 428 g/mol. The molecule has 166 valence electrons. The largest absolute Gasteiger partial charge is 0.360 e. The molecule has 0 bridgehead atoms. The Balaban J connectivity index is 1.83. The van der Waals surface area contributed by atoms with Gasteiger partial charge < -0.3 is 14.7 Å². The van der Waals surface area contributed by atoms with Gasteiger partial charge in [-0.15, -0.1) is 0 Å². The van der Waals surface area contributed by atoms with Crippen LogP contribution < -0.4 is 5.32 Å². The summed E-state index contributed by atoms with van der Waals surface area (Å²) in [6.07, 6.45) is 2.29. The molecule has 1 aromatic rings. The Hall–Kier alpha value is -1.45. The molecule has 0 aromatic carbocycles. The second kappa shape index (κ2) is 10.5. The molecule has 1 aliphatic rings. The molecule has 8 nitrogen and oxygen atoms in total. The van der Waals surface area contributed by atoms with E-state index in [1.165, 1.54) is 4.31 Å². The second-order valence-electron chi connectivity index (χ2n) is 7.85. The van der Waals surface area contributed by atoms with Gasteiger partial charge in [-0.2, -0.15) is 4.31 Å². The van der Waals surface area contributed by atoms with Crippen LogP contribution in [-0.4, -0.2) is 68.0 Å². The zero-order valence-corrected chi connectivity index (χ0v) is 19.2. The maximum absolute atomic E-state index is 12.9. The average Bonchev–Trinajstić information content (AvgIpc) is 3.06. The van der Waals surface area contributed by atoms with Crippen molar-refractivity contribution < 1.29 is 17.7 Å². The van der Waals surface area contributed by atoms with Gasteiger partial charge in [-0.1, -0.05) is 25.9 Å². The minimum Gasteiger partial charge on any atom is -0.360 e. The maximum Gasteiger partial charge on any atom is 0.248 e. The summed E-state index contributed by atoms with van der Waals surface area (Å²) in [6, 6.07) is 0. The molecule has 0 saturated carbocycles. The van der Waals surface area contributed by atoms with Gasteiger partial charge in [0.1, 0.15) is 10.6 Å². The normalized spacial score (nSPS) is 17.6. The SMILES string of the molecule is CCN(CC)CCCNC(=O)[C@H](C)C1CCN(S(=O)(=O)c2c(C)noc2C)CC1. The van der Waals surface area contributed by atoms with Crippen molar-refractivity contribution in [2.45, 2.75) is 58.8 Å². The number of carbonyl (C=O) groups is 1. The predicted octanol–water partition coefficient (Wildman–Crippen LogP) is 2.18. The first kappa shape index (κ1) is 23.8. The van der Waals surface area contributed by atoms with Crippen LogP contribution >= 0.6 is 0 Å². The van der Waals surface area contributed by atoms with Gasteiger partial charge >= 0.3 is 0 Å². The summed E-state index contributed by atoms with van der Waals surface area (Å²) in [7, 11) is -3.61. The van der Waals surface area contributed by atoms with Crippen LogP contribution in [0.2, 0.25) is 0 Å². The first-order valence-electron chi connectivity index (χ1n) is 10.6. The van der Waals surface area contributed by atoms with E-state index in [9.17, 15) is 13.2 Å². The Morgan fingerprint density at radius 1 is 1.28 bits per heavy atom. The lowest BCUT2D eigenvalue weighted by Gasteiger charge is -2.33. The fourth-order valence-electron chi connectivity index (χ4n) is 4.02. The van der Waals surface area contributed by atoms with E-state index in [-0.39, 0.29) is 22.6 Å². The Morgan fingerprint density at radius 3 is 2.41 bits per heavy atom. The Bertz CT molecular complexity index is 746. The fraction of sp³-hybridized carbons (Fsp3) is 0.800. The van der Waals surface area contributed by atoms with Crippen molar-refractivity contribution in [3.8, 4) is 0 Å². The molecule has 1 aromatic heterocycles. The highest BCUT2D eigenvalue weighted by molar-refractivity contribution is 7.89. The van der Waals surface area contributed by atoms with Gasteiger partial charge in [-0.05, 0) is 58.7 Å². The van der Waals surface area contributed by atoms with Crippen LogP contribution in [0.25, 0.3) is 0 Å². The molecule has 9 heteroatoms. The van der Waals surface area contributed by atoms with Crippen molar-refractivity contribution in [3.05, 3.63) is 11.5 Å². The number of amides is 1. The van der Waals surface area contributed by atoms with E-state index in [0.29, 0.717) is 43.9 Å². The van der Waals surface area contributed by atoms with Gasteiger partial charge in [-0.25, -0.2) is 8.42 Å². The Kier molecular flexibility index (Phi) is 8.66. The number of aryl methyl sites for hydroxylation is 2. The minimum absolute atomic E-state index is 0.0663. The number of sulfonamides is 1. The summed E-state index contributed by atoms with van der Waals surface area (Å²) in [5.41, 5.74) is 0.391. The molecule has 1 N–H and O–H groups in total. The molecule has 0 spiro atoms. The van der Waals surface area contributed by atoms with E-state index in [4.69, 9.17) is 4.52 Å². The van der Waals surface area contributed by atoms with Crippen LogP contribution in [0.5, 0.6) is 0 Å². The van der Waals surface area contributed by atoms with Crippen molar-refractivity contribution >= 4 is 15.9 Å². The Morgan fingerprint density at radius 2 is 1.90 bits per heavy atom. The molecule has 2 rings (SSSR count). The van der Waals surface area contributed by atoms with Crippen LogP contribution in [0, 0.1) is 25.7 Å². The second-order valence-corrected chi connectivity index (χ2v) is 9.73. The first-order valence-corrected chi connectivity index (χ1v) is 12.1. The van der Waals surface area contributed by atoms with E-state index in [2.05, 4.69) is 29.2 Å². The number of nitrogens with one attached hydrogen (secondary N) is 1. The number of carbonyl (C=O) groups excluding carboxylic acids is 1. The topological polar surface area (TPSA) is 95.8 Å². The van der Waals surface area contributed by atoms with E-state index in [0.717, 1.165) is 26.1 Å². The molecule has 1 amide bonds. The predicted molar refractivity (Wildman–Crippen MR) is 112 cm³/mol. The molecule has 0 radical (unpaired) electrons. The third kappa shape index (κ3) is 5.79. The van der Waals surface area contributed by atoms with E-state index in [1.807, 2.05) is 6.92 Å². The van der Waals surface area contributed by atoms with Crippen molar-refractivity contribution in [1.82, 2.24) is 19.7 Å². The lowest BCUT2D eigenvalue weighted by atomic mass is 9.85. The summed E-state index contributed by atoms with van der Waals surface area (Å²) in [6.45, 7) is 14.0. The maximum atomic E-state index is 12.9. The molecule has 1 fully saturated rings. The van der Waals surface area contributed by atoms with Gasteiger partial charge in [0.05, 0.1) is 0 Å². The minimum atomic E-state index is -3.61. The molecular weight excluding hydrogens is 392 g/mol. The average molecular weight is 429 g/mol. The standard InChI is InChI=1S/C20H36N4O4S/c1-6-23(7-2)12-8-11-21-20(25)15(3)18-9-13-24(14-10-18)29(26,27)19-16(4)22-28-17(19)5/h15,18H,6-14H2,1-5H3,(H,21,25)/t15-/m1/s1. The highest BCUT2D eigenvalue weighted by atomic mass is 32.2. The zero-order valence-electron chi connectivity index (χ0n) is 18.4. The highest BCUT2D eigenvalue weighted by Gasteiger charge is 2.36. The number of hydrogen-bond donors (Lipinski definition) is 1. The molecule has 29 heavy (non-hydrogen) atoms.